The highest BCUT2D eigenvalue weighted by atomic mass is 35.5. The van der Waals surface area contributed by atoms with Crippen molar-refractivity contribution in [3.8, 4) is 0 Å². The molecule has 2 N–H and O–H groups in total. The van der Waals surface area contributed by atoms with E-state index in [2.05, 4.69) is 0 Å². The van der Waals surface area contributed by atoms with Crippen LogP contribution in [0.4, 0.5) is 11.4 Å². The second-order valence-electron chi connectivity index (χ2n) is 4.41. The maximum Gasteiger partial charge on any atom is 0.263 e. The molecule has 2 aliphatic heterocycles. The van der Waals surface area contributed by atoms with Crippen molar-refractivity contribution in [2.24, 2.45) is 0 Å². The maximum absolute atomic E-state index is 12.1. The highest BCUT2D eigenvalue weighted by Crippen LogP contribution is 2.35. The van der Waals surface area contributed by atoms with E-state index in [9.17, 15) is 9.59 Å². The van der Waals surface area contributed by atoms with Gasteiger partial charge >= 0.3 is 0 Å². The fourth-order valence-electron chi connectivity index (χ4n) is 2.36. The second kappa shape index (κ2) is 3.96. The number of halogens is 1. The van der Waals surface area contributed by atoms with Gasteiger partial charge < -0.3 is 10.5 Å². The zero-order valence-electron chi connectivity index (χ0n) is 9.43. The lowest BCUT2D eigenvalue weighted by molar-refractivity contribution is -0.146. The number of morpholine rings is 1. The van der Waals surface area contributed by atoms with Crippen LogP contribution in [-0.2, 0) is 14.3 Å². The molecule has 3 rings (SSSR count). The molecule has 0 radical (unpaired) electrons. The van der Waals surface area contributed by atoms with Crippen molar-refractivity contribution in [1.82, 2.24) is 0 Å². The zero-order chi connectivity index (χ0) is 12.9. The van der Waals surface area contributed by atoms with Crippen LogP contribution in [0.2, 0.25) is 5.02 Å². The second-order valence-corrected chi connectivity index (χ2v) is 4.84. The van der Waals surface area contributed by atoms with Gasteiger partial charge in [0.2, 0.25) is 0 Å². The number of amides is 2. The first-order valence-corrected chi connectivity index (χ1v) is 6.04. The fourth-order valence-corrected chi connectivity index (χ4v) is 2.54. The first-order chi connectivity index (χ1) is 8.58. The highest BCUT2D eigenvalue weighted by molar-refractivity contribution is 6.31. The Morgan fingerprint density at radius 1 is 1.22 bits per heavy atom. The van der Waals surface area contributed by atoms with Gasteiger partial charge in [0.1, 0.15) is 12.2 Å². The van der Waals surface area contributed by atoms with Gasteiger partial charge in [0.05, 0.1) is 11.4 Å². The van der Waals surface area contributed by atoms with Gasteiger partial charge in [-0.05, 0) is 31.0 Å². The van der Waals surface area contributed by atoms with E-state index in [1.165, 1.54) is 6.07 Å². The summed E-state index contributed by atoms with van der Waals surface area (Å²) in [5.41, 5.74) is 6.51. The number of hydrogen-bond acceptors (Lipinski definition) is 4. The number of hydrogen-bond donors (Lipinski definition) is 1. The average molecular weight is 267 g/mol. The molecule has 0 aliphatic carbocycles. The molecule has 2 aliphatic rings. The number of fused-ring (bicyclic) bond motifs is 2. The van der Waals surface area contributed by atoms with Crippen LogP contribution in [0.5, 0.6) is 0 Å². The van der Waals surface area contributed by atoms with E-state index in [1.54, 1.807) is 12.1 Å². The summed E-state index contributed by atoms with van der Waals surface area (Å²) in [6.07, 6.45) is 0.115. The maximum atomic E-state index is 12.1. The normalized spacial score (nSPS) is 26.8. The minimum atomic E-state index is -0.525. The minimum absolute atomic E-state index is 0.311. The van der Waals surface area contributed by atoms with Gasteiger partial charge in [0.25, 0.3) is 11.8 Å². The molecular formula is C12H11ClN2O3. The monoisotopic (exact) mass is 266 g/mol. The standard InChI is InChI=1S/C12H11ClN2O3/c13-6-1-2-8(7(14)5-6)15-11(16)9-3-4-10(18-9)12(15)17/h1-2,5,9-10H,3-4,14H2. The summed E-state index contributed by atoms with van der Waals surface area (Å²) in [5, 5.41) is 0.465. The van der Waals surface area contributed by atoms with E-state index in [0.717, 1.165) is 4.90 Å². The van der Waals surface area contributed by atoms with Crippen LogP contribution in [-0.4, -0.2) is 24.0 Å². The molecule has 0 saturated carbocycles. The molecule has 2 bridgehead atoms. The van der Waals surface area contributed by atoms with E-state index >= 15 is 0 Å². The number of anilines is 2. The third-order valence-electron chi connectivity index (χ3n) is 3.24. The smallest absolute Gasteiger partial charge is 0.263 e. The summed E-state index contributed by atoms with van der Waals surface area (Å²) in [5.74, 6) is -0.689. The Kier molecular flexibility index (Phi) is 2.53. The largest absolute Gasteiger partial charge is 0.397 e. The fraction of sp³-hybridized carbons (Fsp3) is 0.333. The lowest BCUT2D eigenvalue weighted by Crippen LogP contribution is -2.52. The van der Waals surface area contributed by atoms with Gasteiger partial charge in [-0.25, -0.2) is 4.90 Å². The van der Waals surface area contributed by atoms with Gasteiger partial charge in [-0.3, -0.25) is 9.59 Å². The van der Waals surface area contributed by atoms with Crippen molar-refractivity contribution < 1.29 is 14.3 Å². The minimum Gasteiger partial charge on any atom is -0.397 e. The number of benzene rings is 1. The molecule has 18 heavy (non-hydrogen) atoms. The first kappa shape index (κ1) is 11.5. The molecule has 0 aromatic heterocycles. The number of nitrogen functional groups attached to an aromatic ring is 1. The average Bonchev–Trinajstić information content (AvgIpc) is 2.76. The molecule has 94 valence electrons. The van der Waals surface area contributed by atoms with Gasteiger partial charge in [0.15, 0.2) is 0 Å². The Morgan fingerprint density at radius 2 is 1.83 bits per heavy atom. The number of rotatable bonds is 1. The van der Waals surface area contributed by atoms with Crippen molar-refractivity contribution in [2.75, 3.05) is 10.6 Å². The molecular weight excluding hydrogens is 256 g/mol. The number of imide groups is 1. The van der Waals surface area contributed by atoms with Gasteiger partial charge in [0, 0.05) is 5.02 Å². The summed E-state index contributed by atoms with van der Waals surface area (Å²) in [6.45, 7) is 0. The number of carbonyl (C=O) groups is 2. The molecule has 1 aromatic rings. The third-order valence-corrected chi connectivity index (χ3v) is 3.48. The third kappa shape index (κ3) is 1.59. The Morgan fingerprint density at radius 3 is 2.39 bits per heavy atom. The zero-order valence-corrected chi connectivity index (χ0v) is 10.2. The van der Waals surface area contributed by atoms with E-state index in [0.29, 0.717) is 29.2 Å². The molecule has 2 atom stereocenters. The van der Waals surface area contributed by atoms with Crippen LogP contribution < -0.4 is 10.6 Å². The summed E-state index contributed by atoms with van der Waals surface area (Å²) < 4.78 is 5.33. The number of nitrogens with zero attached hydrogens (tertiary/aromatic N) is 1. The molecule has 2 heterocycles. The summed E-state index contributed by atoms with van der Waals surface area (Å²) >= 11 is 5.81. The molecule has 1 aromatic carbocycles. The van der Waals surface area contributed by atoms with Crippen molar-refractivity contribution in [2.45, 2.75) is 25.0 Å². The number of carbonyl (C=O) groups excluding carboxylic acids is 2. The molecule has 5 nitrogen and oxygen atoms in total. The highest BCUT2D eigenvalue weighted by Gasteiger charge is 2.47. The molecule has 0 spiro atoms. The SMILES string of the molecule is Nc1cc(Cl)ccc1N1C(=O)C2CCC(O2)C1=O. The van der Waals surface area contributed by atoms with E-state index < -0.39 is 12.2 Å². The Bertz CT molecular complexity index is 524. The molecule has 2 fully saturated rings. The van der Waals surface area contributed by atoms with Crippen LogP contribution in [0, 0.1) is 0 Å². The van der Waals surface area contributed by atoms with Gasteiger partial charge in [-0.15, -0.1) is 0 Å². The topological polar surface area (TPSA) is 72.6 Å². The van der Waals surface area contributed by atoms with Crippen LogP contribution in [0.15, 0.2) is 18.2 Å². The van der Waals surface area contributed by atoms with Crippen LogP contribution in [0.1, 0.15) is 12.8 Å². The lowest BCUT2D eigenvalue weighted by Gasteiger charge is -2.30. The Labute approximate surface area is 108 Å². The van der Waals surface area contributed by atoms with Crippen LogP contribution in [0.25, 0.3) is 0 Å². The number of nitrogens with two attached hydrogens (primary N) is 1. The Hall–Kier alpha value is -1.59. The van der Waals surface area contributed by atoms with Crippen molar-refractivity contribution >= 4 is 34.8 Å². The van der Waals surface area contributed by atoms with Crippen molar-refractivity contribution in [3.63, 3.8) is 0 Å². The first-order valence-electron chi connectivity index (χ1n) is 5.66. The summed E-state index contributed by atoms with van der Waals surface area (Å²) in [7, 11) is 0. The van der Waals surface area contributed by atoms with Crippen LogP contribution in [0.3, 0.4) is 0 Å². The number of ether oxygens (including phenoxy) is 1. The lowest BCUT2D eigenvalue weighted by atomic mass is 10.2. The van der Waals surface area contributed by atoms with Crippen molar-refractivity contribution in [1.29, 1.82) is 0 Å². The quantitative estimate of drug-likeness (QED) is 0.615. The van der Waals surface area contributed by atoms with E-state index in [1.807, 2.05) is 0 Å². The van der Waals surface area contributed by atoms with E-state index in [-0.39, 0.29) is 11.8 Å². The van der Waals surface area contributed by atoms with Crippen molar-refractivity contribution in [3.05, 3.63) is 23.2 Å². The molecule has 2 unspecified atom stereocenters. The molecule has 2 amide bonds. The summed E-state index contributed by atoms with van der Waals surface area (Å²) in [6, 6.07) is 4.71. The summed E-state index contributed by atoms with van der Waals surface area (Å²) in [4.78, 5) is 25.4. The predicted molar refractivity (Wildman–Crippen MR) is 66.3 cm³/mol. The predicted octanol–water partition coefficient (Wildman–Crippen LogP) is 1.34. The molecule has 6 heteroatoms. The van der Waals surface area contributed by atoms with E-state index in [4.69, 9.17) is 22.1 Å². The Balaban J connectivity index is 2.05. The molecule has 2 saturated heterocycles. The van der Waals surface area contributed by atoms with Crippen LogP contribution >= 0.6 is 11.6 Å². The van der Waals surface area contributed by atoms with Gasteiger partial charge in [-0.2, -0.15) is 0 Å². The van der Waals surface area contributed by atoms with Gasteiger partial charge in [-0.1, -0.05) is 11.6 Å².